The van der Waals surface area contributed by atoms with E-state index in [1.54, 1.807) is 50.9 Å². The zero-order valence-electron chi connectivity index (χ0n) is 19.8. The van der Waals surface area contributed by atoms with E-state index in [9.17, 15) is 4.79 Å². The molecule has 0 aliphatic carbocycles. The first-order valence-corrected chi connectivity index (χ1v) is 11.5. The SMILES string of the molecule is COc1ccc([C@@H](C)NC(=O)c2ccc(Oc3nccnc3N3CCCCC3)cc2)cc1OC. The molecule has 178 valence electrons. The fraction of sp³-hybridized carbons (Fsp3) is 0.346. The number of anilines is 1. The first-order chi connectivity index (χ1) is 16.6. The number of carbonyl (C=O) groups excluding carboxylic acids is 1. The normalized spacial score (nSPS) is 14.3. The van der Waals surface area contributed by atoms with Gasteiger partial charge in [-0.15, -0.1) is 0 Å². The third-order valence-electron chi connectivity index (χ3n) is 5.89. The average Bonchev–Trinajstić information content (AvgIpc) is 2.89. The Bertz CT molecular complexity index is 1110. The fourth-order valence-electron chi connectivity index (χ4n) is 3.98. The summed E-state index contributed by atoms with van der Waals surface area (Å²) < 4.78 is 16.7. The van der Waals surface area contributed by atoms with Crippen LogP contribution in [0.2, 0.25) is 0 Å². The predicted octanol–water partition coefficient (Wildman–Crippen LogP) is 4.77. The number of carbonyl (C=O) groups is 1. The lowest BCUT2D eigenvalue weighted by molar-refractivity contribution is 0.0940. The minimum atomic E-state index is -0.213. The first-order valence-electron chi connectivity index (χ1n) is 11.5. The van der Waals surface area contributed by atoms with Crippen LogP contribution in [0.3, 0.4) is 0 Å². The fourth-order valence-corrected chi connectivity index (χ4v) is 3.98. The van der Waals surface area contributed by atoms with Crippen molar-refractivity contribution in [3.8, 4) is 23.1 Å². The number of hydrogen-bond acceptors (Lipinski definition) is 7. The van der Waals surface area contributed by atoms with Crippen LogP contribution in [0.25, 0.3) is 0 Å². The molecule has 1 atom stereocenters. The van der Waals surface area contributed by atoms with E-state index in [1.165, 1.54) is 6.42 Å². The van der Waals surface area contributed by atoms with Gasteiger partial charge in [-0.25, -0.2) is 9.97 Å². The number of piperidine rings is 1. The molecule has 2 aromatic carbocycles. The van der Waals surface area contributed by atoms with Gasteiger partial charge in [-0.05, 0) is 68.1 Å². The summed E-state index contributed by atoms with van der Waals surface area (Å²) in [5, 5.41) is 3.02. The van der Waals surface area contributed by atoms with Crippen LogP contribution in [0, 0.1) is 0 Å². The van der Waals surface area contributed by atoms with Gasteiger partial charge < -0.3 is 24.4 Å². The Morgan fingerprint density at radius 2 is 1.65 bits per heavy atom. The van der Waals surface area contributed by atoms with Crippen molar-refractivity contribution in [1.82, 2.24) is 15.3 Å². The molecular weight excluding hydrogens is 432 g/mol. The maximum absolute atomic E-state index is 12.8. The van der Waals surface area contributed by atoms with Gasteiger partial charge in [0, 0.05) is 31.0 Å². The summed E-state index contributed by atoms with van der Waals surface area (Å²) in [4.78, 5) is 23.9. The predicted molar refractivity (Wildman–Crippen MR) is 130 cm³/mol. The molecule has 1 saturated heterocycles. The molecule has 8 nitrogen and oxygen atoms in total. The number of amides is 1. The molecule has 34 heavy (non-hydrogen) atoms. The van der Waals surface area contributed by atoms with Crippen molar-refractivity contribution in [2.75, 3.05) is 32.2 Å². The highest BCUT2D eigenvalue weighted by Gasteiger charge is 2.19. The van der Waals surface area contributed by atoms with E-state index in [-0.39, 0.29) is 11.9 Å². The molecule has 3 aromatic rings. The lowest BCUT2D eigenvalue weighted by atomic mass is 10.1. The summed E-state index contributed by atoms with van der Waals surface area (Å²) in [7, 11) is 3.18. The second-order valence-electron chi connectivity index (χ2n) is 8.17. The van der Waals surface area contributed by atoms with Crippen molar-refractivity contribution in [2.45, 2.75) is 32.2 Å². The second kappa shape index (κ2) is 10.9. The van der Waals surface area contributed by atoms with Crippen molar-refractivity contribution in [3.63, 3.8) is 0 Å². The summed E-state index contributed by atoms with van der Waals surface area (Å²) in [6.45, 7) is 3.83. The van der Waals surface area contributed by atoms with E-state index in [0.29, 0.717) is 28.7 Å². The number of methoxy groups -OCH3 is 2. The molecule has 0 spiro atoms. The molecule has 2 heterocycles. The molecule has 0 saturated carbocycles. The van der Waals surface area contributed by atoms with Crippen molar-refractivity contribution in [3.05, 3.63) is 66.0 Å². The lowest BCUT2D eigenvalue weighted by Crippen LogP contribution is -2.30. The van der Waals surface area contributed by atoms with Gasteiger partial charge in [0.1, 0.15) is 5.75 Å². The number of benzene rings is 2. The zero-order valence-corrected chi connectivity index (χ0v) is 19.8. The highest BCUT2D eigenvalue weighted by atomic mass is 16.5. The number of nitrogens with one attached hydrogen (secondary N) is 1. The molecule has 0 bridgehead atoms. The van der Waals surface area contributed by atoms with Crippen molar-refractivity contribution < 1.29 is 19.0 Å². The minimum absolute atomic E-state index is 0.178. The maximum Gasteiger partial charge on any atom is 0.263 e. The van der Waals surface area contributed by atoms with Gasteiger partial charge in [-0.2, -0.15) is 0 Å². The Labute approximate surface area is 199 Å². The zero-order chi connectivity index (χ0) is 23.9. The Hall–Kier alpha value is -3.81. The third kappa shape index (κ3) is 5.39. The van der Waals surface area contributed by atoms with E-state index >= 15 is 0 Å². The molecule has 4 rings (SSSR count). The largest absolute Gasteiger partial charge is 0.493 e. The standard InChI is InChI=1S/C26H30N4O4/c1-18(20-9-12-22(32-2)23(17-20)33-3)29-25(31)19-7-10-21(11-8-19)34-26-24(27-13-14-28-26)30-15-5-4-6-16-30/h7-14,17-18H,4-6,15-16H2,1-3H3,(H,29,31)/t18-/m1/s1. The number of ether oxygens (including phenoxy) is 3. The molecular formula is C26H30N4O4. The van der Waals surface area contributed by atoms with E-state index < -0.39 is 0 Å². The molecule has 1 aromatic heterocycles. The van der Waals surface area contributed by atoms with Gasteiger partial charge in [0.15, 0.2) is 17.3 Å². The number of aromatic nitrogens is 2. The summed E-state index contributed by atoms with van der Waals surface area (Å²) in [6, 6.07) is 12.4. The lowest BCUT2D eigenvalue weighted by Gasteiger charge is -2.28. The second-order valence-corrected chi connectivity index (χ2v) is 8.17. The van der Waals surface area contributed by atoms with Crippen LogP contribution in [0.1, 0.15) is 48.1 Å². The summed E-state index contributed by atoms with van der Waals surface area (Å²) >= 11 is 0. The van der Waals surface area contributed by atoms with E-state index in [1.807, 2.05) is 25.1 Å². The van der Waals surface area contributed by atoms with Crippen LogP contribution in [0.15, 0.2) is 54.9 Å². The minimum Gasteiger partial charge on any atom is -0.493 e. The van der Waals surface area contributed by atoms with Gasteiger partial charge in [-0.3, -0.25) is 4.79 Å². The van der Waals surface area contributed by atoms with E-state index in [2.05, 4.69) is 20.2 Å². The molecule has 1 fully saturated rings. The van der Waals surface area contributed by atoms with Gasteiger partial charge in [0.05, 0.1) is 20.3 Å². The number of nitrogens with zero attached hydrogens (tertiary/aromatic N) is 3. The highest BCUT2D eigenvalue weighted by molar-refractivity contribution is 5.94. The van der Waals surface area contributed by atoms with Crippen LogP contribution < -0.4 is 24.4 Å². The van der Waals surface area contributed by atoms with Gasteiger partial charge >= 0.3 is 0 Å². The highest BCUT2D eigenvalue weighted by Crippen LogP contribution is 2.31. The topological polar surface area (TPSA) is 85.8 Å². The van der Waals surface area contributed by atoms with Gasteiger partial charge in [-0.1, -0.05) is 6.07 Å². The summed E-state index contributed by atoms with van der Waals surface area (Å²) in [5.41, 5.74) is 1.45. The Kier molecular flexibility index (Phi) is 7.47. The Morgan fingerprint density at radius 1 is 0.941 bits per heavy atom. The molecule has 1 N–H and O–H groups in total. The van der Waals surface area contributed by atoms with Crippen LogP contribution in [0.5, 0.6) is 23.1 Å². The Morgan fingerprint density at radius 3 is 2.35 bits per heavy atom. The molecule has 1 amide bonds. The van der Waals surface area contributed by atoms with Crippen LogP contribution in [-0.4, -0.2) is 43.2 Å². The molecule has 1 aliphatic rings. The van der Waals surface area contributed by atoms with Crippen LogP contribution in [-0.2, 0) is 0 Å². The van der Waals surface area contributed by atoms with Crippen molar-refractivity contribution >= 4 is 11.7 Å². The molecule has 0 radical (unpaired) electrons. The molecule has 1 aliphatic heterocycles. The molecule has 8 heteroatoms. The van der Waals surface area contributed by atoms with Crippen molar-refractivity contribution in [2.24, 2.45) is 0 Å². The van der Waals surface area contributed by atoms with Gasteiger partial charge in [0.2, 0.25) is 0 Å². The average molecular weight is 463 g/mol. The Balaban J connectivity index is 1.41. The van der Waals surface area contributed by atoms with E-state index in [0.717, 1.165) is 37.3 Å². The summed E-state index contributed by atoms with van der Waals surface area (Å²) in [5.74, 6) is 2.92. The van der Waals surface area contributed by atoms with Crippen molar-refractivity contribution in [1.29, 1.82) is 0 Å². The third-order valence-corrected chi connectivity index (χ3v) is 5.89. The number of rotatable bonds is 8. The van der Waals surface area contributed by atoms with E-state index in [4.69, 9.17) is 14.2 Å². The first kappa shape index (κ1) is 23.4. The quantitative estimate of drug-likeness (QED) is 0.516. The van der Waals surface area contributed by atoms with Crippen LogP contribution >= 0.6 is 0 Å². The monoisotopic (exact) mass is 462 g/mol. The van der Waals surface area contributed by atoms with Crippen LogP contribution in [0.4, 0.5) is 5.82 Å². The van der Waals surface area contributed by atoms with Gasteiger partial charge in [0.25, 0.3) is 11.8 Å². The number of hydrogen-bond donors (Lipinski definition) is 1. The smallest absolute Gasteiger partial charge is 0.263 e. The maximum atomic E-state index is 12.8. The summed E-state index contributed by atoms with van der Waals surface area (Å²) in [6.07, 6.45) is 6.83. The molecule has 0 unspecified atom stereocenters.